The molecule has 2 amide bonds. The molecule has 1 fully saturated rings. The fourth-order valence-electron chi connectivity index (χ4n) is 4.05. The molecule has 0 aliphatic carbocycles. The second-order valence-corrected chi connectivity index (χ2v) is 7.98. The Morgan fingerprint density at radius 3 is 2.89 bits per heavy atom. The van der Waals surface area contributed by atoms with Gasteiger partial charge >= 0.3 is 0 Å². The Labute approximate surface area is 163 Å². The second kappa shape index (κ2) is 6.68. The average molecular weight is 388 g/mol. The van der Waals surface area contributed by atoms with Crippen LogP contribution in [0.5, 0.6) is 0 Å². The Morgan fingerprint density at radius 2 is 2.15 bits per heavy atom. The van der Waals surface area contributed by atoms with Crippen molar-refractivity contribution in [3.05, 3.63) is 51.4 Å². The highest BCUT2D eigenvalue weighted by molar-refractivity contribution is 6.30. The maximum Gasteiger partial charge on any atom is 0.259 e. The molecule has 0 N–H and O–H groups in total. The van der Waals surface area contributed by atoms with Crippen LogP contribution in [0.2, 0.25) is 5.02 Å². The van der Waals surface area contributed by atoms with Gasteiger partial charge in [0, 0.05) is 24.0 Å². The maximum absolute atomic E-state index is 13.2. The van der Waals surface area contributed by atoms with E-state index in [9.17, 15) is 9.59 Å². The zero-order valence-corrected chi connectivity index (χ0v) is 16.4. The lowest BCUT2D eigenvalue weighted by Gasteiger charge is -2.44. The Kier molecular flexibility index (Phi) is 4.46. The molecule has 2 aliphatic rings. The predicted molar refractivity (Wildman–Crippen MR) is 101 cm³/mol. The first kappa shape index (κ1) is 18.0. The number of carbonyl (C=O) groups excluding carboxylic acids is 2. The fourth-order valence-corrected chi connectivity index (χ4v) is 4.23. The zero-order valence-electron chi connectivity index (χ0n) is 15.7. The van der Waals surface area contributed by atoms with Crippen molar-refractivity contribution < 1.29 is 14.1 Å². The quantitative estimate of drug-likeness (QED) is 0.792. The molecule has 6 nitrogen and oxygen atoms in total. The topological polar surface area (TPSA) is 66.7 Å². The minimum absolute atomic E-state index is 0.0366. The SMILES string of the molecule is Cc1noc(C(C)C)c1C(=O)N1CC(=O)N2CCc3ccc(Cl)cc3C2C1. The lowest BCUT2D eigenvalue weighted by molar-refractivity contribution is -0.139. The number of amides is 2. The van der Waals surface area contributed by atoms with Crippen LogP contribution in [0.1, 0.15) is 58.7 Å². The summed E-state index contributed by atoms with van der Waals surface area (Å²) in [5, 5.41) is 4.61. The molecule has 4 rings (SSSR count). The van der Waals surface area contributed by atoms with Crippen LogP contribution in [-0.4, -0.2) is 46.4 Å². The van der Waals surface area contributed by atoms with E-state index in [4.69, 9.17) is 16.1 Å². The summed E-state index contributed by atoms with van der Waals surface area (Å²) < 4.78 is 5.36. The highest BCUT2D eigenvalue weighted by atomic mass is 35.5. The van der Waals surface area contributed by atoms with E-state index >= 15 is 0 Å². The summed E-state index contributed by atoms with van der Waals surface area (Å²) in [5.74, 6) is 0.376. The predicted octanol–water partition coefficient (Wildman–Crippen LogP) is 3.34. The van der Waals surface area contributed by atoms with Crippen molar-refractivity contribution in [1.29, 1.82) is 0 Å². The summed E-state index contributed by atoms with van der Waals surface area (Å²) in [6.45, 7) is 6.87. The monoisotopic (exact) mass is 387 g/mol. The zero-order chi connectivity index (χ0) is 19.3. The summed E-state index contributed by atoms with van der Waals surface area (Å²) in [7, 11) is 0. The van der Waals surface area contributed by atoms with Crippen LogP contribution in [0.15, 0.2) is 22.7 Å². The van der Waals surface area contributed by atoms with Crippen LogP contribution in [0, 0.1) is 6.92 Å². The molecular weight excluding hydrogens is 366 g/mol. The average Bonchev–Trinajstić information content (AvgIpc) is 3.02. The molecule has 0 saturated carbocycles. The summed E-state index contributed by atoms with van der Waals surface area (Å²) in [4.78, 5) is 29.5. The number of piperazine rings is 1. The first-order valence-electron chi connectivity index (χ1n) is 9.20. The Balaban J connectivity index is 1.68. The van der Waals surface area contributed by atoms with Crippen molar-refractivity contribution in [2.45, 2.75) is 39.2 Å². The molecule has 1 unspecified atom stereocenters. The lowest BCUT2D eigenvalue weighted by atomic mass is 9.90. The molecule has 1 aromatic carbocycles. The number of benzene rings is 1. The number of carbonyl (C=O) groups is 2. The van der Waals surface area contributed by atoms with Gasteiger partial charge in [-0.05, 0) is 36.6 Å². The third-order valence-corrected chi connectivity index (χ3v) is 5.65. The minimum Gasteiger partial charge on any atom is -0.360 e. The van der Waals surface area contributed by atoms with Crippen LogP contribution < -0.4 is 0 Å². The fraction of sp³-hybridized carbons (Fsp3) is 0.450. The summed E-state index contributed by atoms with van der Waals surface area (Å²) in [6.07, 6.45) is 0.810. The van der Waals surface area contributed by atoms with E-state index in [1.165, 1.54) is 5.56 Å². The van der Waals surface area contributed by atoms with Gasteiger partial charge in [0.15, 0.2) is 5.76 Å². The molecule has 2 aromatic rings. The van der Waals surface area contributed by atoms with Crippen LogP contribution >= 0.6 is 11.6 Å². The molecule has 1 aromatic heterocycles. The highest BCUT2D eigenvalue weighted by Crippen LogP contribution is 2.35. The number of hydrogen-bond acceptors (Lipinski definition) is 4. The van der Waals surface area contributed by atoms with Gasteiger partial charge in [0.1, 0.15) is 12.1 Å². The van der Waals surface area contributed by atoms with Crippen molar-refractivity contribution in [3.63, 3.8) is 0 Å². The van der Waals surface area contributed by atoms with Crippen molar-refractivity contribution in [2.24, 2.45) is 0 Å². The number of aryl methyl sites for hydroxylation is 1. The van der Waals surface area contributed by atoms with Gasteiger partial charge in [0.25, 0.3) is 5.91 Å². The molecule has 2 aliphatic heterocycles. The third kappa shape index (κ3) is 3.02. The van der Waals surface area contributed by atoms with Crippen molar-refractivity contribution >= 4 is 23.4 Å². The number of aromatic nitrogens is 1. The molecule has 7 heteroatoms. The molecular formula is C20H22ClN3O3. The van der Waals surface area contributed by atoms with Crippen LogP contribution in [0.25, 0.3) is 0 Å². The molecule has 0 spiro atoms. The second-order valence-electron chi connectivity index (χ2n) is 7.54. The van der Waals surface area contributed by atoms with E-state index in [2.05, 4.69) is 5.16 Å². The number of fused-ring (bicyclic) bond motifs is 3. The molecule has 0 bridgehead atoms. The smallest absolute Gasteiger partial charge is 0.259 e. The standard InChI is InChI=1S/C20H22ClN3O3/c1-11(2)19-18(12(3)22-27-19)20(26)23-9-16-15-8-14(21)5-4-13(15)6-7-24(16)17(25)10-23/h4-5,8,11,16H,6-7,9-10H2,1-3H3. The first-order chi connectivity index (χ1) is 12.9. The number of rotatable bonds is 2. The molecule has 27 heavy (non-hydrogen) atoms. The maximum atomic E-state index is 13.2. The molecule has 3 heterocycles. The highest BCUT2D eigenvalue weighted by Gasteiger charge is 2.40. The van der Waals surface area contributed by atoms with E-state index in [-0.39, 0.29) is 30.3 Å². The number of hydrogen-bond donors (Lipinski definition) is 0. The van der Waals surface area contributed by atoms with Crippen LogP contribution in [0.3, 0.4) is 0 Å². The van der Waals surface area contributed by atoms with Gasteiger partial charge in [-0.3, -0.25) is 9.59 Å². The number of nitrogens with zero attached hydrogens (tertiary/aromatic N) is 3. The molecule has 0 radical (unpaired) electrons. The largest absolute Gasteiger partial charge is 0.360 e. The molecule has 142 valence electrons. The van der Waals surface area contributed by atoms with Gasteiger partial charge in [-0.1, -0.05) is 36.7 Å². The molecule has 1 atom stereocenters. The van der Waals surface area contributed by atoms with Crippen molar-refractivity contribution in [2.75, 3.05) is 19.6 Å². The lowest BCUT2D eigenvalue weighted by Crippen LogP contribution is -2.55. The summed E-state index contributed by atoms with van der Waals surface area (Å²) >= 11 is 6.20. The van der Waals surface area contributed by atoms with Gasteiger partial charge < -0.3 is 14.3 Å². The van der Waals surface area contributed by atoms with Gasteiger partial charge in [0.05, 0.1) is 11.7 Å². The van der Waals surface area contributed by atoms with Crippen molar-refractivity contribution in [1.82, 2.24) is 15.0 Å². The van der Waals surface area contributed by atoms with E-state index in [1.807, 2.05) is 36.9 Å². The van der Waals surface area contributed by atoms with Crippen LogP contribution in [0.4, 0.5) is 0 Å². The van der Waals surface area contributed by atoms with Gasteiger partial charge in [-0.2, -0.15) is 0 Å². The van der Waals surface area contributed by atoms with Crippen molar-refractivity contribution in [3.8, 4) is 0 Å². The van der Waals surface area contributed by atoms with E-state index in [0.29, 0.717) is 35.1 Å². The van der Waals surface area contributed by atoms with Gasteiger partial charge in [0.2, 0.25) is 5.91 Å². The Bertz CT molecular complexity index is 921. The van der Waals surface area contributed by atoms with Gasteiger partial charge in [-0.15, -0.1) is 0 Å². The first-order valence-corrected chi connectivity index (χ1v) is 9.58. The summed E-state index contributed by atoms with van der Waals surface area (Å²) in [6, 6.07) is 5.64. The Hall–Kier alpha value is -2.34. The van der Waals surface area contributed by atoms with E-state index in [1.54, 1.807) is 11.8 Å². The Morgan fingerprint density at radius 1 is 1.37 bits per heavy atom. The summed E-state index contributed by atoms with van der Waals surface area (Å²) in [5.41, 5.74) is 3.26. The minimum atomic E-state index is -0.195. The van der Waals surface area contributed by atoms with E-state index in [0.717, 1.165) is 12.0 Å². The van der Waals surface area contributed by atoms with Gasteiger partial charge in [-0.25, -0.2) is 0 Å². The number of halogens is 1. The normalized spacial score (nSPS) is 19.3. The molecule has 1 saturated heterocycles. The third-order valence-electron chi connectivity index (χ3n) is 5.42. The van der Waals surface area contributed by atoms with E-state index < -0.39 is 0 Å². The van der Waals surface area contributed by atoms with Crippen LogP contribution in [-0.2, 0) is 11.2 Å².